The molecule has 0 fully saturated rings. The summed E-state index contributed by atoms with van der Waals surface area (Å²) in [6.45, 7) is 11.4. The summed E-state index contributed by atoms with van der Waals surface area (Å²) in [6, 6.07) is 7.44. The number of hydrogen-bond acceptors (Lipinski definition) is 3. The molecule has 104 valence electrons. The highest BCUT2D eigenvalue weighted by molar-refractivity contribution is 5.92. The number of carbonyl (C=O) groups excluding carboxylic acids is 1. The molecule has 0 aliphatic heterocycles. The minimum Gasteiger partial charge on any atom is -0.477 e. The zero-order chi connectivity index (χ0) is 14.4. The van der Waals surface area contributed by atoms with E-state index in [0.717, 1.165) is 11.4 Å². The fraction of sp³-hybridized carbons (Fsp3) is 0.400. The lowest BCUT2D eigenvalue weighted by Gasteiger charge is -2.15. The van der Waals surface area contributed by atoms with E-state index >= 15 is 0 Å². The molecule has 1 amide bonds. The van der Waals surface area contributed by atoms with Gasteiger partial charge in [0.1, 0.15) is 0 Å². The Bertz CT molecular complexity index is 453. The van der Waals surface area contributed by atoms with Gasteiger partial charge in [0.15, 0.2) is 5.88 Å². The average Bonchev–Trinajstić information content (AvgIpc) is 2.27. The number of benzene rings is 1. The Hall–Kier alpha value is -1.97. The number of carbonyl (C=O) groups is 1. The molecular weight excluding hydrogens is 240 g/mol. The molecule has 0 aliphatic carbocycles. The summed E-state index contributed by atoms with van der Waals surface area (Å²) in [4.78, 5) is 11.6. The molecule has 0 saturated carbocycles. The highest BCUT2D eigenvalue weighted by Gasteiger charge is 2.07. The molecule has 2 N–H and O–H groups in total. The molecule has 4 nitrogen and oxygen atoms in total. The van der Waals surface area contributed by atoms with Crippen molar-refractivity contribution in [3.05, 3.63) is 36.7 Å². The van der Waals surface area contributed by atoms with Gasteiger partial charge in [-0.15, -0.1) is 0 Å². The summed E-state index contributed by atoms with van der Waals surface area (Å²) in [5.41, 5.74) is 1.58. The van der Waals surface area contributed by atoms with Gasteiger partial charge in [0.25, 0.3) is 0 Å². The van der Waals surface area contributed by atoms with Crippen LogP contribution in [0.25, 0.3) is 0 Å². The van der Waals surface area contributed by atoms with Crippen LogP contribution in [-0.4, -0.2) is 12.0 Å². The highest BCUT2D eigenvalue weighted by Crippen LogP contribution is 2.17. The van der Waals surface area contributed by atoms with Crippen molar-refractivity contribution in [2.45, 2.75) is 33.8 Å². The van der Waals surface area contributed by atoms with E-state index in [4.69, 9.17) is 4.74 Å². The lowest BCUT2D eigenvalue weighted by atomic mass is 10.2. The Morgan fingerprint density at radius 1 is 1.16 bits per heavy atom. The van der Waals surface area contributed by atoms with Gasteiger partial charge >= 0.3 is 0 Å². The zero-order valence-corrected chi connectivity index (χ0v) is 12.0. The molecule has 1 aromatic rings. The second-order valence-electron chi connectivity index (χ2n) is 4.94. The van der Waals surface area contributed by atoms with Crippen LogP contribution in [-0.2, 0) is 9.53 Å². The quantitative estimate of drug-likeness (QED) is 0.770. The standard InChI is InChI=1S/C15H22N2O2/c1-10(2)15(18)17-14-8-6-7-13(9-14)16-12(5)19-11(3)4/h6-11,16H,5H2,1-4H3,(H,17,18). The van der Waals surface area contributed by atoms with Crippen LogP contribution in [0.15, 0.2) is 36.7 Å². The molecule has 0 heterocycles. The number of hydrogen-bond donors (Lipinski definition) is 2. The van der Waals surface area contributed by atoms with Gasteiger partial charge in [0.05, 0.1) is 6.10 Å². The maximum Gasteiger partial charge on any atom is 0.226 e. The lowest BCUT2D eigenvalue weighted by molar-refractivity contribution is -0.118. The Morgan fingerprint density at radius 2 is 1.74 bits per heavy atom. The zero-order valence-electron chi connectivity index (χ0n) is 12.0. The van der Waals surface area contributed by atoms with Crippen molar-refractivity contribution >= 4 is 17.3 Å². The van der Waals surface area contributed by atoms with Crippen LogP contribution in [0.4, 0.5) is 11.4 Å². The van der Waals surface area contributed by atoms with Gasteiger partial charge in [0.2, 0.25) is 5.91 Å². The summed E-state index contributed by atoms with van der Waals surface area (Å²) in [5.74, 6) is 0.438. The molecule has 0 aliphatic rings. The topological polar surface area (TPSA) is 50.4 Å². The molecule has 0 atom stereocenters. The summed E-state index contributed by atoms with van der Waals surface area (Å²) < 4.78 is 5.42. The van der Waals surface area contributed by atoms with Crippen molar-refractivity contribution in [2.24, 2.45) is 5.92 Å². The van der Waals surface area contributed by atoms with Crippen molar-refractivity contribution in [3.63, 3.8) is 0 Å². The summed E-state index contributed by atoms with van der Waals surface area (Å²) >= 11 is 0. The third kappa shape index (κ3) is 5.46. The predicted molar refractivity (Wildman–Crippen MR) is 78.9 cm³/mol. The first-order valence-electron chi connectivity index (χ1n) is 6.42. The Balaban J connectivity index is 2.67. The van der Waals surface area contributed by atoms with Crippen LogP contribution in [0.3, 0.4) is 0 Å². The summed E-state index contributed by atoms with van der Waals surface area (Å²) in [5, 5.41) is 5.89. The van der Waals surface area contributed by atoms with E-state index in [-0.39, 0.29) is 17.9 Å². The number of amides is 1. The normalized spacial score (nSPS) is 10.4. The molecule has 1 rings (SSSR count). The third-order valence-electron chi connectivity index (χ3n) is 2.32. The molecular formula is C15H22N2O2. The first-order valence-corrected chi connectivity index (χ1v) is 6.42. The smallest absolute Gasteiger partial charge is 0.226 e. The Morgan fingerprint density at radius 3 is 2.26 bits per heavy atom. The summed E-state index contributed by atoms with van der Waals surface area (Å²) in [6.07, 6.45) is 0.0730. The lowest BCUT2D eigenvalue weighted by Crippen LogP contribution is -2.17. The largest absolute Gasteiger partial charge is 0.477 e. The molecule has 0 spiro atoms. The molecule has 19 heavy (non-hydrogen) atoms. The second kappa shape index (κ2) is 6.83. The van der Waals surface area contributed by atoms with Crippen LogP contribution >= 0.6 is 0 Å². The number of anilines is 2. The fourth-order valence-corrected chi connectivity index (χ4v) is 1.44. The van der Waals surface area contributed by atoms with Crippen molar-refractivity contribution in [3.8, 4) is 0 Å². The first kappa shape index (κ1) is 15.1. The minimum absolute atomic E-state index is 0.00518. The molecule has 0 saturated heterocycles. The van der Waals surface area contributed by atoms with Gasteiger partial charge in [0, 0.05) is 17.3 Å². The maximum absolute atomic E-state index is 11.6. The van der Waals surface area contributed by atoms with Crippen LogP contribution in [0.2, 0.25) is 0 Å². The monoisotopic (exact) mass is 262 g/mol. The van der Waals surface area contributed by atoms with E-state index < -0.39 is 0 Å². The van der Waals surface area contributed by atoms with E-state index in [1.54, 1.807) is 0 Å². The molecule has 0 unspecified atom stereocenters. The van der Waals surface area contributed by atoms with Gasteiger partial charge in [-0.1, -0.05) is 19.9 Å². The second-order valence-corrected chi connectivity index (χ2v) is 4.94. The minimum atomic E-state index is -0.0455. The maximum atomic E-state index is 11.6. The Labute approximate surface area is 114 Å². The molecule has 0 aromatic heterocycles. The van der Waals surface area contributed by atoms with Crippen LogP contribution in [0.5, 0.6) is 0 Å². The molecule has 4 heteroatoms. The van der Waals surface area contributed by atoms with E-state index in [0.29, 0.717) is 5.88 Å². The van der Waals surface area contributed by atoms with Crippen molar-refractivity contribution < 1.29 is 9.53 Å². The SMILES string of the molecule is C=C(Nc1cccc(NC(=O)C(C)C)c1)OC(C)C. The van der Waals surface area contributed by atoms with Crippen molar-refractivity contribution in [1.29, 1.82) is 0 Å². The van der Waals surface area contributed by atoms with E-state index in [1.807, 2.05) is 52.0 Å². The van der Waals surface area contributed by atoms with Crippen molar-refractivity contribution in [2.75, 3.05) is 10.6 Å². The average molecular weight is 262 g/mol. The van der Waals surface area contributed by atoms with Gasteiger partial charge in [-0.05, 0) is 38.6 Å². The van der Waals surface area contributed by atoms with Crippen LogP contribution in [0.1, 0.15) is 27.7 Å². The third-order valence-corrected chi connectivity index (χ3v) is 2.32. The van der Waals surface area contributed by atoms with Gasteiger partial charge < -0.3 is 15.4 Å². The van der Waals surface area contributed by atoms with Crippen LogP contribution in [0, 0.1) is 5.92 Å². The summed E-state index contributed by atoms with van der Waals surface area (Å²) in [7, 11) is 0. The number of ether oxygens (including phenoxy) is 1. The highest BCUT2D eigenvalue weighted by atomic mass is 16.5. The number of nitrogens with one attached hydrogen (secondary N) is 2. The molecule has 0 radical (unpaired) electrons. The van der Waals surface area contributed by atoms with E-state index in [9.17, 15) is 4.79 Å². The predicted octanol–water partition coefficient (Wildman–Crippen LogP) is 3.59. The fourth-order valence-electron chi connectivity index (χ4n) is 1.44. The van der Waals surface area contributed by atoms with Crippen molar-refractivity contribution in [1.82, 2.24) is 0 Å². The molecule has 0 bridgehead atoms. The van der Waals surface area contributed by atoms with Gasteiger partial charge in [-0.2, -0.15) is 0 Å². The number of rotatable bonds is 6. The Kier molecular flexibility index (Phi) is 5.42. The van der Waals surface area contributed by atoms with Gasteiger partial charge in [-0.3, -0.25) is 4.79 Å². The first-order chi connectivity index (χ1) is 8.88. The van der Waals surface area contributed by atoms with E-state index in [1.165, 1.54) is 0 Å². The van der Waals surface area contributed by atoms with E-state index in [2.05, 4.69) is 17.2 Å². The van der Waals surface area contributed by atoms with Crippen LogP contribution < -0.4 is 10.6 Å². The van der Waals surface area contributed by atoms with Gasteiger partial charge in [-0.25, -0.2) is 0 Å². The molecule has 1 aromatic carbocycles.